The van der Waals surface area contributed by atoms with E-state index in [0.29, 0.717) is 16.8 Å². The molecule has 1 saturated carbocycles. The van der Waals surface area contributed by atoms with Gasteiger partial charge in [0, 0.05) is 12.5 Å². The van der Waals surface area contributed by atoms with E-state index >= 15 is 0 Å². The summed E-state index contributed by atoms with van der Waals surface area (Å²) in [4.78, 5) is 12.0. The number of thioether (sulfide) groups is 1. The summed E-state index contributed by atoms with van der Waals surface area (Å²) in [5.74, 6) is 8.45. The van der Waals surface area contributed by atoms with Crippen LogP contribution in [0.2, 0.25) is 0 Å². The second-order valence-corrected chi connectivity index (χ2v) is 8.14. The number of aromatic nitrogens is 3. The van der Waals surface area contributed by atoms with Crippen LogP contribution in [0.4, 0.5) is 0 Å². The molecular weight excluding hydrogens is 322 g/mol. The first-order chi connectivity index (χ1) is 11.5. The van der Waals surface area contributed by atoms with Gasteiger partial charge >= 0.3 is 0 Å². The Morgan fingerprint density at radius 3 is 2.67 bits per heavy atom. The lowest BCUT2D eigenvalue weighted by Crippen LogP contribution is -2.37. The first kappa shape index (κ1) is 19.1. The Hall–Kier alpha value is -1.24. The van der Waals surface area contributed by atoms with Crippen LogP contribution in [-0.4, -0.2) is 32.6 Å². The molecule has 1 fully saturated rings. The summed E-state index contributed by atoms with van der Waals surface area (Å²) < 4.78 is 1.55. The molecule has 1 heterocycles. The number of nitrogen functional groups attached to an aromatic ring is 1. The number of amides is 1. The summed E-state index contributed by atoms with van der Waals surface area (Å²) in [6.45, 7) is 6.20. The lowest BCUT2D eigenvalue weighted by molar-refractivity contribution is -0.119. The molecule has 24 heavy (non-hydrogen) atoms. The standard InChI is InChI=1S/C17H31N5OS/c1-12(2)13(3)19-16(23)11-24-17-21-20-15(22(17)18)10-9-14-7-5-4-6-8-14/h12-14H,4-11,18H2,1-3H3,(H,19,23)/t13-/m0/s1. The van der Waals surface area contributed by atoms with Gasteiger partial charge in [0.1, 0.15) is 0 Å². The van der Waals surface area contributed by atoms with Crippen LogP contribution in [0.15, 0.2) is 5.16 Å². The van der Waals surface area contributed by atoms with Gasteiger partial charge in [-0.1, -0.05) is 57.7 Å². The zero-order valence-corrected chi connectivity index (χ0v) is 15.9. The number of nitrogens with two attached hydrogens (primary N) is 1. The van der Waals surface area contributed by atoms with Gasteiger partial charge in [-0.15, -0.1) is 10.2 Å². The molecule has 0 aromatic carbocycles. The first-order valence-electron chi connectivity index (χ1n) is 9.09. The van der Waals surface area contributed by atoms with E-state index < -0.39 is 0 Å². The van der Waals surface area contributed by atoms with Crippen LogP contribution in [-0.2, 0) is 11.2 Å². The Balaban J connectivity index is 1.78. The SMILES string of the molecule is CC(C)[C@H](C)NC(=O)CSc1nnc(CCC2CCCCC2)n1N. The van der Waals surface area contributed by atoms with Crippen LogP contribution in [0.3, 0.4) is 0 Å². The van der Waals surface area contributed by atoms with Crippen molar-refractivity contribution in [3.05, 3.63) is 5.82 Å². The summed E-state index contributed by atoms with van der Waals surface area (Å²) in [5, 5.41) is 11.9. The summed E-state index contributed by atoms with van der Waals surface area (Å²) in [7, 11) is 0. The molecule has 2 rings (SSSR count). The van der Waals surface area contributed by atoms with Gasteiger partial charge in [-0.25, -0.2) is 4.68 Å². The van der Waals surface area contributed by atoms with Crippen molar-refractivity contribution in [3.63, 3.8) is 0 Å². The fraction of sp³-hybridized carbons (Fsp3) is 0.824. The molecule has 0 bridgehead atoms. The van der Waals surface area contributed by atoms with Gasteiger partial charge in [-0.05, 0) is 25.2 Å². The number of hydrogen-bond donors (Lipinski definition) is 2. The number of nitrogens with zero attached hydrogens (tertiary/aromatic N) is 3. The van der Waals surface area contributed by atoms with Crippen molar-refractivity contribution in [2.24, 2.45) is 11.8 Å². The Labute approximate surface area is 149 Å². The maximum Gasteiger partial charge on any atom is 0.230 e. The number of aryl methyl sites for hydroxylation is 1. The predicted molar refractivity (Wildman–Crippen MR) is 98.2 cm³/mol. The van der Waals surface area contributed by atoms with Crippen LogP contribution >= 0.6 is 11.8 Å². The molecule has 7 heteroatoms. The topological polar surface area (TPSA) is 85.8 Å². The zero-order chi connectivity index (χ0) is 17.5. The van der Waals surface area contributed by atoms with Crippen LogP contribution in [0.5, 0.6) is 0 Å². The fourth-order valence-electron chi connectivity index (χ4n) is 2.98. The van der Waals surface area contributed by atoms with Crippen molar-refractivity contribution in [1.82, 2.24) is 20.2 Å². The van der Waals surface area contributed by atoms with Crippen molar-refractivity contribution < 1.29 is 4.79 Å². The van der Waals surface area contributed by atoms with Crippen molar-refractivity contribution in [2.75, 3.05) is 11.6 Å². The van der Waals surface area contributed by atoms with E-state index in [9.17, 15) is 4.79 Å². The highest BCUT2D eigenvalue weighted by Gasteiger charge is 2.17. The predicted octanol–water partition coefficient (Wildman–Crippen LogP) is 2.76. The van der Waals surface area contributed by atoms with Gasteiger partial charge in [0.2, 0.25) is 11.1 Å². The average Bonchev–Trinajstić information content (AvgIpc) is 2.92. The number of nitrogens with one attached hydrogen (secondary N) is 1. The van der Waals surface area contributed by atoms with E-state index in [1.807, 2.05) is 6.92 Å². The summed E-state index contributed by atoms with van der Waals surface area (Å²) in [5.41, 5.74) is 0. The second kappa shape index (κ2) is 9.30. The van der Waals surface area contributed by atoms with Gasteiger partial charge < -0.3 is 11.2 Å². The van der Waals surface area contributed by atoms with Crippen LogP contribution in [0.1, 0.15) is 65.1 Å². The first-order valence-corrected chi connectivity index (χ1v) is 10.1. The highest BCUT2D eigenvalue weighted by molar-refractivity contribution is 7.99. The quantitative estimate of drug-likeness (QED) is 0.554. The monoisotopic (exact) mass is 353 g/mol. The molecule has 0 radical (unpaired) electrons. The molecule has 1 aromatic rings. The Kier molecular flexibility index (Phi) is 7.40. The zero-order valence-electron chi connectivity index (χ0n) is 15.1. The lowest BCUT2D eigenvalue weighted by Gasteiger charge is -2.20. The highest BCUT2D eigenvalue weighted by Crippen LogP contribution is 2.27. The van der Waals surface area contributed by atoms with Crippen LogP contribution < -0.4 is 11.2 Å². The minimum atomic E-state index is 0.00737. The fourth-order valence-corrected chi connectivity index (χ4v) is 3.66. The molecule has 6 nitrogen and oxygen atoms in total. The molecule has 1 aliphatic carbocycles. The molecule has 1 atom stereocenters. The number of rotatable bonds is 8. The molecule has 1 aliphatic rings. The minimum Gasteiger partial charge on any atom is -0.353 e. The summed E-state index contributed by atoms with van der Waals surface area (Å²) >= 11 is 1.34. The van der Waals surface area contributed by atoms with E-state index in [1.165, 1.54) is 43.9 Å². The average molecular weight is 354 g/mol. The number of carbonyl (C=O) groups is 1. The molecule has 136 valence electrons. The summed E-state index contributed by atoms with van der Waals surface area (Å²) in [6.07, 6.45) is 8.73. The molecule has 0 saturated heterocycles. The highest BCUT2D eigenvalue weighted by atomic mass is 32.2. The molecule has 1 aromatic heterocycles. The molecule has 1 amide bonds. The Morgan fingerprint density at radius 1 is 1.29 bits per heavy atom. The molecule has 0 spiro atoms. The molecule has 3 N–H and O–H groups in total. The molecule has 0 unspecified atom stereocenters. The largest absolute Gasteiger partial charge is 0.353 e. The van der Waals surface area contributed by atoms with E-state index in [2.05, 4.69) is 29.4 Å². The van der Waals surface area contributed by atoms with Gasteiger partial charge in [-0.3, -0.25) is 4.79 Å². The van der Waals surface area contributed by atoms with E-state index in [1.54, 1.807) is 4.68 Å². The van der Waals surface area contributed by atoms with Crippen LogP contribution in [0.25, 0.3) is 0 Å². The minimum absolute atomic E-state index is 0.00737. The second-order valence-electron chi connectivity index (χ2n) is 7.20. The molecular formula is C17H31N5OS. The third-order valence-corrected chi connectivity index (χ3v) is 5.90. The maximum atomic E-state index is 12.0. The van der Waals surface area contributed by atoms with Crippen molar-refractivity contribution in [2.45, 2.75) is 76.9 Å². The number of hydrogen-bond acceptors (Lipinski definition) is 5. The van der Waals surface area contributed by atoms with Crippen LogP contribution in [0, 0.1) is 11.8 Å². The summed E-state index contributed by atoms with van der Waals surface area (Å²) in [6, 6.07) is 0.167. The lowest BCUT2D eigenvalue weighted by atomic mass is 9.86. The van der Waals surface area contributed by atoms with E-state index in [-0.39, 0.29) is 11.9 Å². The van der Waals surface area contributed by atoms with E-state index in [4.69, 9.17) is 5.84 Å². The van der Waals surface area contributed by atoms with Gasteiger partial charge in [-0.2, -0.15) is 0 Å². The van der Waals surface area contributed by atoms with Gasteiger partial charge in [0.25, 0.3) is 0 Å². The third kappa shape index (κ3) is 5.69. The van der Waals surface area contributed by atoms with Crippen molar-refractivity contribution in [1.29, 1.82) is 0 Å². The van der Waals surface area contributed by atoms with E-state index in [0.717, 1.165) is 24.6 Å². The molecule has 0 aliphatic heterocycles. The van der Waals surface area contributed by atoms with Gasteiger partial charge in [0.05, 0.1) is 5.75 Å². The normalized spacial score (nSPS) is 17.2. The van der Waals surface area contributed by atoms with Gasteiger partial charge in [0.15, 0.2) is 5.82 Å². The maximum absolute atomic E-state index is 12.0. The number of carbonyl (C=O) groups excluding carboxylic acids is 1. The smallest absolute Gasteiger partial charge is 0.230 e. The Bertz CT molecular complexity index is 525. The van der Waals surface area contributed by atoms with Crippen molar-refractivity contribution >= 4 is 17.7 Å². The third-order valence-electron chi connectivity index (χ3n) is 4.96. The van der Waals surface area contributed by atoms with Crippen molar-refractivity contribution in [3.8, 4) is 0 Å². The Morgan fingerprint density at radius 2 is 2.00 bits per heavy atom.